The van der Waals surface area contributed by atoms with E-state index in [4.69, 9.17) is 0 Å². The third-order valence-corrected chi connectivity index (χ3v) is 4.38. The minimum atomic E-state index is -4.30. The van der Waals surface area contributed by atoms with Gasteiger partial charge in [0.05, 0.1) is 5.56 Å². The molecule has 0 spiro atoms. The zero-order chi connectivity index (χ0) is 17.6. The molecule has 8 heteroatoms. The lowest BCUT2D eigenvalue weighted by molar-refractivity contribution is -0.137. The summed E-state index contributed by atoms with van der Waals surface area (Å²) in [5.74, 6) is 0.665. The van der Waals surface area contributed by atoms with Gasteiger partial charge in [-0.2, -0.15) is 13.2 Å². The summed E-state index contributed by atoms with van der Waals surface area (Å²) in [7, 11) is 1.69. The Kier molecular flexibility index (Phi) is 8.98. The molecular weight excluding hydrogens is 444 g/mol. The molecule has 1 aromatic rings. The summed E-state index contributed by atoms with van der Waals surface area (Å²) >= 11 is 0. The molecule has 0 saturated carbocycles. The Morgan fingerprint density at radius 1 is 1.24 bits per heavy atom. The van der Waals surface area contributed by atoms with Crippen LogP contribution >= 0.6 is 24.0 Å². The van der Waals surface area contributed by atoms with Gasteiger partial charge in [-0.05, 0) is 43.6 Å². The number of hydrogen-bond donors (Lipinski definition) is 2. The SMILES string of the molecule is CCN1CCCC1CNC(=NC)NCc1ccc(C(F)(F)F)cc1.I. The first-order valence-electron chi connectivity index (χ1n) is 8.28. The zero-order valence-corrected chi connectivity index (χ0v) is 16.9. The number of nitrogens with zero attached hydrogens (tertiary/aromatic N) is 2. The normalized spacial score (nSPS) is 18.8. The van der Waals surface area contributed by atoms with Gasteiger partial charge < -0.3 is 10.6 Å². The Morgan fingerprint density at radius 3 is 2.48 bits per heavy atom. The molecule has 2 N–H and O–H groups in total. The first-order chi connectivity index (χ1) is 11.4. The van der Waals surface area contributed by atoms with Gasteiger partial charge in [0.1, 0.15) is 0 Å². The van der Waals surface area contributed by atoms with Gasteiger partial charge >= 0.3 is 6.18 Å². The van der Waals surface area contributed by atoms with Crippen LogP contribution in [0, 0.1) is 0 Å². The number of hydrogen-bond acceptors (Lipinski definition) is 2. The van der Waals surface area contributed by atoms with Gasteiger partial charge in [-0.1, -0.05) is 19.1 Å². The highest BCUT2D eigenvalue weighted by Crippen LogP contribution is 2.29. The molecule has 1 heterocycles. The van der Waals surface area contributed by atoms with Gasteiger partial charge in [0.25, 0.3) is 0 Å². The number of likely N-dealkylation sites (N-methyl/N-ethyl adjacent to an activating group) is 1. The Labute approximate surface area is 164 Å². The Balaban J connectivity index is 0.00000312. The fraction of sp³-hybridized carbons (Fsp3) is 0.588. The lowest BCUT2D eigenvalue weighted by Crippen LogP contribution is -2.44. The highest BCUT2D eigenvalue weighted by atomic mass is 127. The second-order valence-corrected chi connectivity index (χ2v) is 5.93. The van der Waals surface area contributed by atoms with E-state index in [2.05, 4.69) is 27.4 Å². The van der Waals surface area contributed by atoms with Crippen LogP contribution in [0.4, 0.5) is 13.2 Å². The van der Waals surface area contributed by atoms with Crippen molar-refractivity contribution >= 4 is 29.9 Å². The van der Waals surface area contributed by atoms with Crippen LogP contribution in [0.5, 0.6) is 0 Å². The fourth-order valence-corrected chi connectivity index (χ4v) is 2.98. The number of alkyl halides is 3. The van der Waals surface area contributed by atoms with Crippen LogP contribution in [0.3, 0.4) is 0 Å². The van der Waals surface area contributed by atoms with Crippen LogP contribution in [-0.4, -0.2) is 43.6 Å². The molecule has 0 bridgehead atoms. The molecule has 25 heavy (non-hydrogen) atoms. The first kappa shape index (κ1) is 22.0. The van der Waals surface area contributed by atoms with E-state index in [-0.39, 0.29) is 24.0 Å². The highest BCUT2D eigenvalue weighted by Gasteiger charge is 2.29. The molecule has 1 aliphatic heterocycles. The third kappa shape index (κ3) is 6.65. The number of halogens is 4. The van der Waals surface area contributed by atoms with Gasteiger partial charge in [-0.3, -0.25) is 9.89 Å². The van der Waals surface area contributed by atoms with E-state index in [0.717, 1.165) is 37.3 Å². The summed E-state index contributed by atoms with van der Waals surface area (Å²) in [4.78, 5) is 6.61. The molecule has 2 rings (SSSR count). The lowest BCUT2D eigenvalue weighted by Gasteiger charge is -2.24. The van der Waals surface area contributed by atoms with Gasteiger partial charge in [-0.25, -0.2) is 0 Å². The van der Waals surface area contributed by atoms with E-state index in [0.29, 0.717) is 18.5 Å². The summed E-state index contributed by atoms with van der Waals surface area (Å²) in [5.41, 5.74) is 0.150. The van der Waals surface area contributed by atoms with Gasteiger partial charge in [0.2, 0.25) is 0 Å². The molecule has 4 nitrogen and oxygen atoms in total. The lowest BCUT2D eigenvalue weighted by atomic mass is 10.1. The molecule has 1 atom stereocenters. The fourth-order valence-electron chi connectivity index (χ4n) is 2.98. The molecule has 0 radical (unpaired) electrons. The van der Waals surface area contributed by atoms with Crippen LogP contribution < -0.4 is 10.6 Å². The molecule has 1 aromatic carbocycles. The number of guanidine groups is 1. The highest BCUT2D eigenvalue weighted by molar-refractivity contribution is 14.0. The van der Waals surface area contributed by atoms with Crippen molar-refractivity contribution in [1.29, 1.82) is 0 Å². The van der Waals surface area contributed by atoms with Crippen molar-refractivity contribution in [3.8, 4) is 0 Å². The number of aliphatic imine (C=N–C) groups is 1. The third-order valence-electron chi connectivity index (χ3n) is 4.38. The molecule has 1 unspecified atom stereocenters. The first-order valence-corrected chi connectivity index (χ1v) is 8.28. The van der Waals surface area contributed by atoms with E-state index in [1.807, 2.05) is 0 Å². The average Bonchev–Trinajstić information content (AvgIpc) is 3.02. The summed E-state index contributed by atoms with van der Waals surface area (Å²) in [6.07, 6.45) is -1.90. The monoisotopic (exact) mass is 470 g/mol. The van der Waals surface area contributed by atoms with E-state index in [9.17, 15) is 13.2 Å². The molecule has 0 aliphatic carbocycles. The van der Waals surface area contributed by atoms with Crippen LogP contribution in [0.25, 0.3) is 0 Å². The minimum Gasteiger partial charge on any atom is -0.355 e. The standard InChI is InChI=1S/C17H25F3N4.HI/c1-3-24-10-4-5-15(24)12-23-16(21-2)22-11-13-6-8-14(9-7-13)17(18,19)20;/h6-9,15H,3-5,10-12H2,1-2H3,(H2,21,22,23);1H. The minimum absolute atomic E-state index is 0. The van der Waals surface area contributed by atoms with Crippen molar-refractivity contribution in [3.63, 3.8) is 0 Å². The van der Waals surface area contributed by atoms with Crippen LogP contribution in [-0.2, 0) is 12.7 Å². The molecular formula is C17H26F3IN4. The Bertz CT molecular complexity index is 546. The van der Waals surface area contributed by atoms with E-state index in [1.54, 1.807) is 7.05 Å². The van der Waals surface area contributed by atoms with Gasteiger partial charge in [0.15, 0.2) is 5.96 Å². The van der Waals surface area contributed by atoms with Crippen molar-refractivity contribution in [3.05, 3.63) is 35.4 Å². The topological polar surface area (TPSA) is 39.7 Å². The molecule has 0 amide bonds. The van der Waals surface area contributed by atoms with E-state index >= 15 is 0 Å². The largest absolute Gasteiger partial charge is 0.416 e. The second-order valence-electron chi connectivity index (χ2n) is 5.93. The van der Waals surface area contributed by atoms with E-state index < -0.39 is 11.7 Å². The predicted octanol–water partition coefficient (Wildman–Crippen LogP) is 3.47. The van der Waals surface area contributed by atoms with E-state index in [1.165, 1.54) is 25.0 Å². The maximum Gasteiger partial charge on any atom is 0.416 e. The van der Waals surface area contributed by atoms with Crippen molar-refractivity contribution in [1.82, 2.24) is 15.5 Å². The van der Waals surface area contributed by atoms with Crippen molar-refractivity contribution < 1.29 is 13.2 Å². The van der Waals surface area contributed by atoms with Gasteiger partial charge in [0, 0.05) is 26.2 Å². The summed E-state index contributed by atoms with van der Waals surface area (Å²) in [5, 5.41) is 6.44. The number of benzene rings is 1. The Hall–Kier alpha value is -1.03. The molecule has 1 aliphatic rings. The summed E-state index contributed by atoms with van der Waals surface area (Å²) in [6.45, 7) is 5.60. The number of likely N-dealkylation sites (tertiary alicyclic amines) is 1. The quantitative estimate of drug-likeness (QED) is 0.394. The van der Waals surface area contributed by atoms with Crippen LogP contribution in [0.1, 0.15) is 30.9 Å². The van der Waals surface area contributed by atoms with Crippen molar-refractivity contribution in [2.75, 3.05) is 26.7 Å². The van der Waals surface area contributed by atoms with Crippen molar-refractivity contribution in [2.24, 2.45) is 4.99 Å². The second kappa shape index (κ2) is 10.2. The van der Waals surface area contributed by atoms with Crippen molar-refractivity contribution in [2.45, 2.75) is 38.5 Å². The number of nitrogens with one attached hydrogen (secondary N) is 2. The average molecular weight is 470 g/mol. The maximum atomic E-state index is 12.5. The molecule has 142 valence electrons. The van der Waals surface area contributed by atoms with Crippen LogP contribution in [0.2, 0.25) is 0 Å². The predicted molar refractivity (Wildman–Crippen MR) is 105 cm³/mol. The van der Waals surface area contributed by atoms with Gasteiger partial charge in [-0.15, -0.1) is 24.0 Å². The maximum absolute atomic E-state index is 12.5. The smallest absolute Gasteiger partial charge is 0.355 e. The van der Waals surface area contributed by atoms with Crippen LogP contribution in [0.15, 0.2) is 29.3 Å². The number of rotatable bonds is 5. The molecule has 0 aromatic heterocycles. The summed E-state index contributed by atoms with van der Waals surface area (Å²) < 4.78 is 37.6. The molecule has 1 saturated heterocycles. The Morgan fingerprint density at radius 2 is 1.92 bits per heavy atom. The molecule has 1 fully saturated rings. The summed E-state index contributed by atoms with van der Waals surface area (Å²) in [6, 6.07) is 5.69. The zero-order valence-electron chi connectivity index (χ0n) is 14.6.